The summed E-state index contributed by atoms with van der Waals surface area (Å²) < 4.78 is 21.5. The second kappa shape index (κ2) is 18.7. The third-order valence-electron chi connectivity index (χ3n) is 3.83. The lowest BCUT2D eigenvalue weighted by Gasteiger charge is -2.38. The zero-order valence-corrected chi connectivity index (χ0v) is 21.1. The van der Waals surface area contributed by atoms with Gasteiger partial charge in [-0.2, -0.15) is 0 Å². The van der Waals surface area contributed by atoms with Crippen molar-refractivity contribution in [3.05, 3.63) is 23.8 Å². The van der Waals surface area contributed by atoms with Crippen LogP contribution in [0.3, 0.4) is 0 Å². The van der Waals surface area contributed by atoms with Gasteiger partial charge in [0.25, 0.3) is 0 Å². The zero-order valence-electron chi connectivity index (χ0n) is 21.1. The quantitative estimate of drug-likeness (QED) is 0.549. The van der Waals surface area contributed by atoms with E-state index in [2.05, 4.69) is 13.8 Å². The molecule has 1 heterocycles. The predicted molar refractivity (Wildman–Crippen MR) is 125 cm³/mol. The first kappa shape index (κ1) is 32.3. The van der Waals surface area contributed by atoms with Gasteiger partial charge in [0.2, 0.25) is 6.29 Å². The van der Waals surface area contributed by atoms with Crippen molar-refractivity contribution in [2.75, 3.05) is 6.61 Å². The van der Waals surface area contributed by atoms with Crippen molar-refractivity contribution < 1.29 is 39.1 Å². The van der Waals surface area contributed by atoms with Crippen LogP contribution < -0.4 is 9.47 Å². The van der Waals surface area contributed by atoms with Crippen LogP contribution >= 0.6 is 0 Å². The van der Waals surface area contributed by atoms with Crippen molar-refractivity contribution in [1.29, 1.82) is 0 Å². The molecule has 32 heavy (non-hydrogen) atoms. The third-order valence-corrected chi connectivity index (χ3v) is 3.83. The monoisotopic (exact) mass is 460 g/mol. The van der Waals surface area contributed by atoms with Crippen LogP contribution in [0.2, 0.25) is 0 Å². The van der Waals surface area contributed by atoms with Gasteiger partial charge in [-0.1, -0.05) is 48.0 Å². The summed E-state index contributed by atoms with van der Waals surface area (Å²) >= 11 is 0. The maximum atomic E-state index is 11.0. The van der Waals surface area contributed by atoms with Gasteiger partial charge in [-0.05, 0) is 26.0 Å². The summed E-state index contributed by atoms with van der Waals surface area (Å²) in [4.78, 5) is 11.0. The lowest BCUT2D eigenvalue weighted by Crippen LogP contribution is -2.58. The molecule has 0 saturated carbocycles. The van der Waals surface area contributed by atoms with Gasteiger partial charge < -0.3 is 34.3 Å². The van der Waals surface area contributed by atoms with Gasteiger partial charge in [-0.15, -0.1) is 0 Å². The summed E-state index contributed by atoms with van der Waals surface area (Å²) in [6.45, 7) is 17.4. The summed E-state index contributed by atoms with van der Waals surface area (Å²) in [6, 6.07) is 4.87. The van der Waals surface area contributed by atoms with Gasteiger partial charge in [-0.3, -0.25) is 4.79 Å². The molecule has 0 aliphatic carbocycles. The fourth-order valence-electron chi connectivity index (χ4n) is 2.44. The molecule has 0 aromatic heterocycles. The molecule has 8 heteroatoms. The minimum absolute atomic E-state index is 0.0649. The lowest BCUT2D eigenvalue weighted by molar-refractivity contribution is -0.268. The average Bonchev–Trinajstić information content (AvgIpc) is 2.79. The molecule has 0 spiro atoms. The zero-order chi connectivity index (χ0) is 25.3. The van der Waals surface area contributed by atoms with E-state index in [1.807, 2.05) is 34.6 Å². The van der Waals surface area contributed by atoms with E-state index in [9.17, 15) is 20.1 Å². The second-order valence-electron chi connectivity index (χ2n) is 6.49. The Balaban J connectivity index is 0. The number of ether oxygens (including phenoxy) is 4. The molecule has 8 nitrogen and oxygen atoms in total. The molecule has 3 N–H and O–H groups in total. The smallest absolute Gasteiger partial charge is 0.302 e. The van der Waals surface area contributed by atoms with Crippen LogP contribution in [0.4, 0.5) is 0 Å². The molecular formula is C24H44O8. The molecule has 1 aromatic carbocycles. The van der Waals surface area contributed by atoms with Gasteiger partial charge in [0.1, 0.15) is 36.4 Å². The van der Waals surface area contributed by atoms with Gasteiger partial charge in [0, 0.05) is 18.6 Å². The summed E-state index contributed by atoms with van der Waals surface area (Å²) in [7, 11) is 0. The molecule has 0 bridgehead atoms. The molecule has 1 fully saturated rings. The maximum absolute atomic E-state index is 11.0. The average molecular weight is 461 g/mol. The van der Waals surface area contributed by atoms with Crippen LogP contribution in [0.1, 0.15) is 74.3 Å². The first-order valence-corrected chi connectivity index (χ1v) is 11.5. The van der Waals surface area contributed by atoms with Gasteiger partial charge in [0.15, 0.2) is 0 Å². The molecule has 1 saturated heterocycles. The Kier molecular flexibility index (Phi) is 18.9. The summed E-state index contributed by atoms with van der Waals surface area (Å²) in [5.41, 5.74) is 0.665. The first-order valence-electron chi connectivity index (χ1n) is 11.5. The highest BCUT2D eigenvalue weighted by Crippen LogP contribution is 2.29. The number of rotatable bonds is 6. The van der Waals surface area contributed by atoms with Crippen LogP contribution in [0, 0.1) is 0 Å². The highest BCUT2D eigenvalue weighted by atomic mass is 16.7. The normalized spacial score (nSPS) is 23.7. The predicted octanol–water partition coefficient (Wildman–Crippen LogP) is 3.82. The molecule has 2 rings (SSSR count). The van der Waals surface area contributed by atoms with Crippen molar-refractivity contribution in [1.82, 2.24) is 0 Å². The first-order chi connectivity index (χ1) is 15.2. The number of hydrogen-bond donors (Lipinski definition) is 3. The number of aliphatic hydroxyl groups excluding tert-OH is 3. The Labute approximate surface area is 193 Å². The molecule has 1 aliphatic heterocycles. The highest BCUT2D eigenvalue weighted by Gasteiger charge is 2.43. The number of carbonyl (C=O) groups excluding carboxylic acids is 1. The van der Waals surface area contributed by atoms with Crippen LogP contribution in [-0.2, 0) is 20.9 Å². The molecule has 0 unspecified atom stereocenters. The minimum Gasteiger partial charge on any atom is -0.493 e. The lowest BCUT2D eigenvalue weighted by atomic mass is 10.00. The summed E-state index contributed by atoms with van der Waals surface area (Å²) in [5, 5.41) is 29.6. The van der Waals surface area contributed by atoms with E-state index >= 15 is 0 Å². The van der Waals surface area contributed by atoms with Crippen molar-refractivity contribution in [2.24, 2.45) is 0 Å². The van der Waals surface area contributed by atoms with Crippen LogP contribution in [0.25, 0.3) is 0 Å². The number of hydrogen-bond acceptors (Lipinski definition) is 8. The highest BCUT2D eigenvalue weighted by molar-refractivity contribution is 5.66. The number of benzene rings is 1. The molecule has 1 aliphatic rings. The van der Waals surface area contributed by atoms with Gasteiger partial charge in [-0.25, -0.2) is 0 Å². The SMILES string of the molecule is CC.CC.CCC.CCOc1cc(O[C@@H]2O[C@H](C)[C@@H](O)[C@H](O)[C@H]2O)ccc1COC(C)=O. The summed E-state index contributed by atoms with van der Waals surface area (Å²) in [5.74, 6) is 0.415. The minimum atomic E-state index is -1.40. The molecule has 0 radical (unpaired) electrons. The van der Waals surface area contributed by atoms with Crippen molar-refractivity contribution >= 4 is 5.97 Å². The maximum Gasteiger partial charge on any atom is 0.302 e. The Bertz CT molecular complexity index is 608. The van der Waals surface area contributed by atoms with E-state index in [1.54, 1.807) is 25.1 Å². The Hall–Kier alpha value is -1.87. The molecular weight excluding hydrogens is 416 g/mol. The van der Waals surface area contributed by atoms with Gasteiger partial charge >= 0.3 is 5.97 Å². The topological polar surface area (TPSA) is 115 Å². The Morgan fingerprint density at radius 1 is 1.00 bits per heavy atom. The largest absolute Gasteiger partial charge is 0.493 e. The van der Waals surface area contributed by atoms with Crippen LogP contribution in [0.15, 0.2) is 18.2 Å². The molecule has 5 atom stereocenters. The van der Waals surface area contributed by atoms with Crippen molar-refractivity contribution in [2.45, 2.75) is 106 Å². The van der Waals surface area contributed by atoms with E-state index < -0.39 is 36.7 Å². The van der Waals surface area contributed by atoms with Crippen LogP contribution in [-0.4, -0.2) is 58.6 Å². The molecule has 1 aromatic rings. The fraction of sp³-hybridized carbons (Fsp3) is 0.708. The molecule has 0 amide bonds. The standard InChI is InChI=1S/C17H24O8.C3H8.2C2H6/c1-4-22-13-7-12(6-5-11(13)8-23-10(3)18)25-17-16(21)15(20)14(19)9(2)24-17;1-3-2;2*1-2/h5-7,9,14-17,19-21H,4,8H2,1-3H3;3H2,1-2H3;2*1-2H3/t9-,14-,15+,16-,17+;;;/m1.../s1. The third kappa shape index (κ3) is 11.1. The van der Waals surface area contributed by atoms with E-state index in [0.29, 0.717) is 23.7 Å². The van der Waals surface area contributed by atoms with E-state index in [0.717, 1.165) is 0 Å². The fourth-order valence-corrected chi connectivity index (χ4v) is 2.44. The van der Waals surface area contributed by atoms with Crippen molar-refractivity contribution in [3.63, 3.8) is 0 Å². The van der Waals surface area contributed by atoms with E-state index in [4.69, 9.17) is 18.9 Å². The second-order valence-corrected chi connectivity index (χ2v) is 6.49. The van der Waals surface area contributed by atoms with Crippen molar-refractivity contribution in [3.8, 4) is 11.5 Å². The number of esters is 1. The Morgan fingerprint density at radius 2 is 1.56 bits per heavy atom. The number of aliphatic hydroxyl groups is 3. The Morgan fingerprint density at radius 3 is 2.06 bits per heavy atom. The molecule has 188 valence electrons. The van der Waals surface area contributed by atoms with Crippen LogP contribution in [0.5, 0.6) is 11.5 Å². The van der Waals surface area contributed by atoms with E-state index in [-0.39, 0.29) is 6.61 Å². The van der Waals surface area contributed by atoms with E-state index in [1.165, 1.54) is 13.3 Å². The van der Waals surface area contributed by atoms with Gasteiger partial charge in [0.05, 0.1) is 12.7 Å². The summed E-state index contributed by atoms with van der Waals surface area (Å²) in [6.07, 6.45) is -4.55. The number of carbonyl (C=O) groups is 1.